The molecule has 1 nitrogen and oxygen atoms in total. The van der Waals surface area contributed by atoms with E-state index in [-0.39, 0.29) is 0 Å². The zero-order valence-corrected chi connectivity index (χ0v) is 15.1. The molecule has 0 saturated heterocycles. The molecule has 0 spiro atoms. The Balaban J connectivity index is 1.73. The van der Waals surface area contributed by atoms with E-state index in [0.29, 0.717) is 6.61 Å². The summed E-state index contributed by atoms with van der Waals surface area (Å²) in [6.45, 7) is 4.99. The van der Waals surface area contributed by atoms with Gasteiger partial charge in [0.05, 0.1) is 6.61 Å². The Morgan fingerprint density at radius 2 is 1.71 bits per heavy atom. The van der Waals surface area contributed by atoms with Crippen molar-refractivity contribution in [2.45, 2.75) is 52.4 Å². The number of ether oxygens (including phenoxy) is 1. The standard InChI is InChI=1S/C23H30O/c1-3-9-20-12-14-21(15-13-20)10-7-5-6-8-11-22-16-18-23(19-17-22)24-4-2/h7-8,10-11,16-21H,3-4,9,12-15H2,1-2H3/t20-,21-. The van der Waals surface area contributed by atoms with E-state index in [0.717, 1.165) is 23.1 Å². The van der Waals surface area contributed by atoms with Crippen LogP contribution in [-0.4, -0.2) is 6.61 Å². The van der Waals surface area contributed by atoms with Crippen molar-refractivity contribution in [3.63, 3.8) is 0 Å². The van der Waals surface area contributed by atoms with Crippen LogP contribution >= 0.6 is 0 Å². The lowest BCUT2D eigenvalue weighted by Gasteiger charge is -2.26. The summed E-state index contributed by atoms with van der Waals surface area (Å²) in [5, 5.41) is 0. The van der Waals surface area contributed by atoms with Crippen molar-refractivity contribution in [2.75, 3.05) is 6.61 Å². The number of benzene rings is 1. The highest BCUT2D eigenvalue weighted by molar-refractivity contribution is 5.54. The SMILES string of the molecule is CCC[C@H]1CC[C@H](C=CC#CC=Cc2ccc(OCC)cc2)CC1. The van der Waals surface area contributed by atoms with Crippen molar-refractivity contribution in [3.05, 3.63) is 48.1 Å². The van der Waals surface area contributed by atoms with Crippen LogP contribution in [0.15, 0.2) is 42.5 Å². The fourth-order valence-electron chi connectivity index (χ4n) is 3.34. The van der Waals surface area contributed by atoms with E-state index in [4.69, 9.17) is 4.74 Å². The van der Waals surface area contributed by atoms with Crippen LogP contribution in [0.25, 0.3) is 6.08 Å². The van der Waals surface area contributed by atoms with Gasteiger partial charge in [-0.25, -0.2) is 0 Å². The van der Waals surface area contributed by atoms with E-state index in [2.05, 4.69) is 24.8 Å². The third-order valence-corrected chi connectivity index (χ3v) is 4.67. The van der Waals surface area contributed by atoms with Gasteiger partial charge in [-0.05, 0) is 80.4 Å². The van der Waals surface area contributed by atoms with Crippen molar-refractivity contribution in [1.82, 2.24) is 0 Å². The van der Waals surface area contributed by atoms with Gasteiger partial charge >= 0.3 is 0 Å². The lowest BCUT2D eigenvalue weighted by Crippen LogP contribution is -2.12. The first-order valence-corrected chi connectivity index (χ1v) is 9.39. The summed E-state index contributed by atoms with van der Waals surface area (Å²) in [7, 11) is 0. The normalized spacial score (nSPS) is 20.9. The van der Waals surface area contributed by atoms with Gasteiger partial charge in [0, 0.05) is 0 Å². The molecule has 0 atom stereocenters. The number of allylic oxidation sites excluding steroid dienone is 3. The Morgan fingerprint density at radius 3 is 2.38 bits per heavy atom. The quantitative estimate of drug-likeness (QED) is 0.561. The zero-order chi connectivity index (χ0) is 17.0. The van der Waals surface area contributed by atoms with Crippen molar-refractivity contribution in [3.8, 4) is 17.6 Å². The van der Waals surface area contributed by atoms with E-state index in [1.165, 1.54) is 38.5 Å². The summed E-state index contributed by atoms with van der Waals surface area (Å²) < 4.78 is 5.43. The Morgan fingerprint density at radius 1 is 1.00 bits per heavy atom. The van der Waals surface area contributed by atoms with Crippen LogP contribution in [0.1, 0.15) is 57.9 Å². The second-order valence-corrected chi connectivity index (χ2v) is 6.55. The number of hydrogen-bond donors (Lipinski definition) is 0. The Hall–Kier alpha value is -1.94. The van der Waals surface area contributed by atoms with Gasteiger partial charge in [-0.1, -0.05) is 49.8 Å². The third kappa shape index (κ3) is 6.67. The van der Waals surface area contributed by atoms with Gasteiger partial charge in [0.25, 0.3) is 0 Å². The molecule has 2 rings (SSSR count). The van der Waals surface area contributed by atoms with Crippen molar-refractivity contribution < 1.29 is 4.74 Å². The molecule has 0 amide bonds. The molecule has 1 aromatic carbocycles. The van der Waals surface area contributed by atoms with Gasteiger partial charge in [-0.2, -0.15) is 0 Å². The maximum atomic E-state index is 5.43. The summed E-state index contributed by atoms with van der Waals surface area (Å²) in [4.78, 5) is 0. The average molecular weight is 322 g/mol. The second-order valence-electron chi connectivity index (χ2n) is 6.55. The van der Waals surface area contributed by atoms with Gasteiger partial charge in [0.15, 0.2) is 0 Å². The first-order chi connectivity index (χ1) is 11.8. The molecule has 0 N–H and O–H groups in total. The van der Waals surface area contributed by atoms with Crippen molar-refractivity contribution in [1.29, 1.82) is 0 Å². The molecule has 1 aromatic rings. The van der Waals surface area contributed by atoms with E-state index >= 15 is 0 Å². The maximum absolute atomic E-state index is 5.43. The van der Waals surface area contributed by atoms with Crippen LogP contribution < -0.4 is 4.74 Å². The van der Waals surface area contributed by atoms with E-state index < -0.39 is 0 Å². The predicted octanol–water partition coefficient (Wildman–Crippen LogP) is 6.26. The molecule has 0 aliphatic heterocycles. The molecule has 1 fully saturated rings. The van der Waals surface area contributed by atoms with Crippen LogP contribution in [0.2, 0.25) is 0 Å². The minimum Gasteiger partial charge on any atom is -0.494 e. The molecule has 0 unspecified atom stereocenters. The molecule has 1 heteroatoms. The fraction of sp³-hybridized carbons (Fsp3) is 0.478. The second kappa shape index (κ2) is 10.8. The zero-order valence-electron chi connectivity index (χ0n) is 15.1. The largest absolute Gasteiger partial charge is 0.494 e. The lowest BCUT2D eigenvalue weighted by molar-refractivity contribution is 0.294. The summed E-state index contributed by atoms with van der Waals surface area (Å²) in [6, 6.07) is 8.08. The first kappa shape index (κ1) is 18.4. The van der Waals surface area contributed by atoms with Crippen molar-refractivity contribution >= 4 is 6.08 Å². The van der Waals surface area contributed by atoms with E-state index in [9.17, 15) is 0 Å². The van der Waals surface area contributed by atoms with Crippen LogP contribution in [0.4, 0.5) is 0 Å². The van der Waals surface area contributed by atoms with Gasteiger partial charge in [-0.3, -0.25) is 0 Å². The summed E-state index contributed by atoms with van der Waals surface area (Å²) in [5.41, 5.74) is 1.14. The number of hydrogen-bond acceptors (Lipinski definition) is 1. The van der Waals surface area contributed by atoms with E-state index in [1.54, 1.807) is 0 Å². The first-order valence-electron chi connectivity index (χ1n) is 9.39. The molecule has 24 heavy (non-hydrogen) atoms. The minimum absolute atomic E-state index is 0.702. The predicted molar refractivity (Wildman–Crippen MR) is 104 cm³/mol. The molecule has 0 heterocycles. The summed E-state index contributed by atoms with van der Waals surface area (Å²) in [6.07, 6.45) is 16.5. The van der Waals surface area contributed by atoms with Crippen LogP contribution in [-0.2, 0) is 0 Å². The monoisotopic (exact) mass is 322 g/mol. The topological polar surface area (TPSA) is 9.23 Å². The molecule has 0 radical (unpaired) electrons. The van der Waals surface area contributed by atoms with Gasteiger partial charge in [0.1, 0.15) is 5.75 Å². The molecule has 0 aromatic heterocycles. The van der Waals surface area contributed by atoms with Gasteiger partial charge in [-0.15, -0.1) is 0 Å². The molecule has 0 bridgehead atoms. The molecular weight excluding hydrogens is 292 g/mol. The molecule has 128 valence electrons. The van der Waals surface area contributed by atoms with E-state index in [1.807, 2.05) is 49.4 Å². The maximum Gasteiger partial charge on any atom is 0.119 e. The van der Waals surface area contributed by atoms with Crippen LogP contribution in [0.5, 0.6) is 5.75 Å². The van der Waals surface area contributed by atoms with Crippen LogP contribution in [0, 0.1) is 23.7 Å². The third-order valence-electron chi connectivity index (χ3n) is 4.67. The van der Waals surface area contributed by atoms with Crippen molar-refractivity contribution in [2.24, 2.45) is 11.8 Å². The highest BCUT2D eigenvalue weighted by Gasteiger charge is 2.18. The van der Waals surface area contributed by atoms with Crippen LogP contribution in [0.3, 0.4) is 0 Å². The minimum atomic E-state index is 0.702. The molecular formula is C23H30O. The Kier molecular flexibility index (Phi) is 8.25. The smallest absolute Gasteiger partial charge is 0.119 e. The molecule has 1 aliphatic carbocycles. The number of rotatable bonds is 6. The highest BCUT2D eigenvalue weighted by Crippen LogP contribution is 2.31. The lowest BCUT2D eigenvalue weighted by atomic mass is 9.80. The Labute approximate surface area is 147 Å². The van der Waals surface area contributed by atoms with Gasteiger partial charge in [0.2, 0.25) is 0 Å². The molecule has 1 saturated carbocycles. The summed E-state index contributed by atoms with van der Waals surface area (Å²) >= 11 is 0. The summed E-state index contributed by atoms with van der Waals surface area (Å²) in [5.74, 6) is 8.85. The molecule has 1 aliphatic rings. The highest BCUT2D eigenvalue weighted by atomic mass is 16.5. The fourth-order valence-corrected chi connectivity index (χ4v) is 3.34. The van der Waals surface area contributed by atoms with Gasteiger partial charge < -0.3 is 4.74 Å². The Bertz CT molecular complexity index is 575. The average Bonchev–Trinajstić information content (AvgIpc) is 2.61.